The van der Waals surface area contributed by atoms with Crippen LogP contribution in [0.25, 0.3) is 0 Å². The summed E-state index contributed by atoms with van der Waals surface area (Å²) in [5.74, 6) is -0.363. The Labute approximate surface area is 72.7 Å². The fourth-order valence-electron chi connectivity index (χ4n) is 0.867. The summed E-state index contributed by atoms with van der Waals surface area (Å²) in [5, 5.41) is 17.6. The molecule has 1 aliphatic carbocycles. The predicted molar refractivity (Wildman–Crippen MR) is 44.8 cm³/mol. The standard InChI is InChI=1S/C6H7BBrFO2/c8-6(7(10)11)3-1-2-5(9)4-6/h1-3,10-11H,4H2. The average molecular weight is 221 g/mol. The van der Waals surface area contributed by atoms with Gasteiger partial charge in [-0.25, -0.2) is 4.39 Å². The van der Waals surface area contributed by atoms with E-state index in [0.717, 1.165) is 0 Å². The fourth-order valence-corrected chi connectivity index (χ4v) is 1.29. The molecule has 11 heavy (non-hydrogen) atoms. The second-order valence-corrected chi connectivity index (χ2v) is 3.93. The zero-order chi connectivity index (χ0) is 8.48. The van der Waals surface area contributed by atoms with Crippen molar-refractivity contribution < 1.29 is 14.4 Å². The van der Waals surface area contributed by atoms with Crippen molar-refractivity contribution in [3.05, 3.63) is 24.1 Å². The van der Waals surface area contributed by atoms with Gasteiger partial charge in [-0.15, -0.1) is 0 Å². The van der Waals surface area contributed by atoms with Crippen molar-refractivity contribution in [2.45, 2.75) is 10.6 Å². The summed E-state index contributed by atoms with van der Waals surface area (Å²) >= 11 is 3.03. The highest BCUT2D eigenvalue weighted by Gasteiger charge is 2.39. The predicted octanol–water partition coefficient (Wildman–Crippen LogP) is 0.945. The number of halogens is 2. The van der Waals surface area contributed by atoms with E-state index in [1.54, 1.807) is 0 Å². The van der Waals surface area contributed by atoms with Gasteiger partial charge in [-0.1, -0.05) is 28.1 Å². The van der Waals surface area contributed by atoms with Crippen LogP contribution in [0, 0.1) is 0 Å². The third-order valence-corrected chi connectivity index (χ3v) is 2.47. The highest BCUT2D eigenvalue weighted by molar-refractivity contribution is 9.10. The lowest BCUT2D eigenvalue weighted by atomic mass is 9.69. The Balaban J connectivity index is 2.78. The third-order valence-electron chi connectivity index (χ3n) is 1.52. The minimum absolute atomic E-state index is 0.0266. The van der Waals surface area contributed by atoms with Crippen LogP contribution in [0.4, 0.5) is 4.39 Å². The van der Waals surface area contributed by atoms with Crippen molar-refractivity contribution in [3.63, 3.8) is 0 Å². The summed E-state index contributed by atoms with van der Waals surface area (Å²) in [5.41, 5.74) is 0. The molecule has 0 saturated heterocycles. The van der Waals surface area contributed by atoms with E-state index in [-0.39, 0.29) is 12.2 Å². The van der Waals surface area contributed by atoms with Gasteiger partial charge in [-0.2, -0.15) is 0 Å². The van der Waals surface area contributed by atoms with Crippen LogP contribution in [-0.4, -0.2) is 21.4 Å². The zero-order valence-corrected chi connectivity index (χ0v) is 7.25. The lowest BCUT2D eigenvalue weighted by Gasteiger charge is -2.23. The van der Waals surface area contributed by atoms with Crippen LogP contribution in [0.3, 0.4) is 0 Å². The van der Waals surface area contributed by atoms with Gasteiger partial charge in [0.2, 0.25) is 0 Å². The fraction of sp³-hybridized carbons (Fsp3) is 0.333. The number of alkyl halides is 1. The van der Waals surface area contributed by atoms with Gasteiger partial charge in [0.15, 0.2) is 0 Å². The van der Waals surface area contributed by atoms with Crippen LogP contribution in [-0.2, 0) is 0 Å². The van der Waals surface area contributed by atoms with Crippen molar-refractivity contribution in [2.75, 3.05) is 0 Å². The molecule has 1 unspecified atom stereocenters. The van der Waals surface area contributed by atoms with Gasteiger partial charge in [0.05, 0.1) is 4.22 Å². The van der Waals surface area contributed by atoms with Crippen molar-refractivity contribution in [1.82, 2.24) is 0 Å². The third kappa shape index (κ3) is 1.92. The Hall–Kier alpha value is -0.125. The molecular formula is C6H7BBrFO2. The maximum absolute atomic E-state index is 12.6. The molecule has 0 radical (unpaired) electrons. The molecule has 1 atom stereocenters. The zero-order valence-electron chi connectivity index (χ0n) is 5.67. The maximum atomic E-state index is 12.6. The molecule has 1 aliphatic rings. The molecule has 0 amide bonds. The maximum Gasteiger partial charge on any atom is 0.473 e. The second kappa shape index (κ2) is 3.09. The number of hydrogen-bond donors (Lipinski definition) is 2. The van der Waals surface area contributed by atoms with Gasteiger partial charge < -0.3 is 10.0 Å². The summed E-state index contributed by atoms with van der Waals surface area (Å²) < 4.78 is 11.5. The largest absolute Gasteiger partial charge is 0.473 e. The second-order valence-electron chi connectivity index (χ2n) is 2.45. The molecule has 2 N–H and O–H groups in total. The number of allylic oxidation sites excluding steroid dienone is 4. The summed E-state index contributed by atoms with van der Waals surface area (Å²) in [6.45, 7) is 0. The monoisotopic (exact) mass is 220 g/mol. The van der Waals surface area contributed by atoms with Crippen molar-refractivity contribution in [1.29, 1.82) is 0 Å². The molecule has 0 aromatic carbocycles. The first-order chi connectivity index (χ1) is 5.04. The van der Waals surface area contributed by atoms with E-state index in [1.165, 1.54) is 18.2 Å². The Morgan fingerprint density at radius 3 is 2.64 bits per heavy atom. The van der Waals surface area contributed by atoms with Gasteiger partial charge in [0, 0.05) is 6.42 Å². The van der Waals surface area contributed by atoms with E-state index in [2.05, 4.69) is 15.9 Å². The van der Waals surface area contributed by atoms with Crippen molar-refractivity contribution >= 4 is 23.0 Å². The minimum atomic E-state index is -1.59. The Bertz CT molecular complexity index is 217. The van der Waals surface area contributed by atoms with Crippen molar-refractivity contribution in [2.24, 2.45) is 0 Å². The highest BCUT2D eigenvalue weighted by Crippen LogP contribution is 2.32. The van der Waals surface area contributed by atoms with Gasteiger partial charge in [-0.3, -0.25) is 0 Å². The van der Waals surface area contributed by atoms with Crippen LogP contribution in [0.5, 0.6) is 0 Å². The Kier molecular flexibility index (Phi) is 2.52. The quantitative estimate of drug-likeness (QED) is 0.510. The molecule has 0 bridgehead atoms. The summed E-state index contributed by atoms with van der Waals surface area (Å²) in [4.78, 5) is 0. The van der Waals surface area contributed by atoms with Crippen LogP contribution < -0.4 is 0 Å². The summed E-state index contributed by atoms with van der Waals surface area (Å²) in [7, 11) is -1.59. The molecule has 0 aliphatic heterocycles. The van der Waals surface area contributed by atoms with E-state index in [0.29, 0.717) is 0 Å². The van der Waals surface area contributed by atoms with E-state index < -0.39 is 11.3 Å². The van der Waals surface area contributed by atoms with E-state index in [1.807, 2.05) is 0 Å². The molecule has 5 heteroatoms. The molecule has 0 aromatic heterocycles. The smallest absolute Gasteiger partial charge is 0.426 e. The molecule has 60 valence electrons. The van der Waals surface area contributed by atoms with Gasteiger partial charge in [-0.05, 0) is 6.08 Å². The molecular weight excluding hydrogens is 214 g/mol. The number of hydrogen-bond acceptors (Lipinski definition) is 2. The Morgan fingerprint density at radius 1 is 1.64 bits per heavy atom. The van der Waals surface area contributed by atoms with Gasteiger partial charge >= 0.3 is 7.12 Å². The van der Waals surface area contributed by atoms with Crippen LogP contribution in [0.1, 0.15) is 6.42 Å². The Morgan fingerprint density at radius 2 is 2.27 bits per heavy atom. The number of rotatable bonds is 1. The normalized spacial score (nSPS) is 30.0. The van der Waals surface area contributed by atoms with Crippen LogP contribution in [0.2, 0.25) is 0 Å². The van der Waals surface area contributed by atoms with Crippen LogP contribution in [0.15, 0.2) is 24.1 Å². The van der Waals surface area contributed by atoms with E-state index in [4.69, 9.17) is 10.0 Å². The highest BCUT2D eigenvalue weighted by atomic mass is 79.9. The topological polar surface area (TPSA) is 40.5 Å². The van der Waals surface area contributed by atoms with Gasteiger partial charge in [0.25, 0.3) is 0 Å². The van der Waals surface area contributed by atoms with E-state index in [9.17, 15) is 4.39 Å². The first kappa shape index (κ1) is 8.97. The molecule has 0 heterocycles. The van der Waals surface area contributed by atoms with Crippen molar-refractivity contribution in [3.8, 4) is 0 Å². The first-order valence-corrected chi connectivity index (χ1v) is 3.93. The van der Waals surface area contributed by atoms with Crippen LogP contribution >= 0.6 is 15.9 Å². The lowest BCUT2D eigenvalue weighted by Crippen LogP contribution is -2.39. The summed E-state index contributed by atoms with van der Waals surface area (Å²) in [6.07, 6.45) is 4.23. The molecule has 0 spiro atoms. The first-order valence-electron chi connectivity index (χ1n) is 3.13. The summed E-state index contributed by atoms with van der Waals surface area (Å²) in [6, 6.07) is 0. The molecule has 0 saturated carbocycles. The average Bonchev–Trinajstić information content (AvgIpc) is 1.86. The SMILES string of the molecule is OB(O)C1(Br)C=CC=C(F)C1. The lowest BCUT2D eigenvalue weighted by molar-refractivity contribution is 0.384. The minimum Gasteiger partial charge on any atom is -0.426 e. The molecule has 1 rings (SSSR count). The van der Waals surface area contributed by atoms with Gasteiger partial charge in [0.1, 0.15) is 5.83 Å². The van der Waals surface area contributed by atoms with E-state index >= 15 is 0 Å². The molecule has 0 aromatic rings. The molecule has 2 nitrogen and oxygen atoms in total. The molecule has 0 fully saturated rings.